The molecule has 0 saturated heterocycles. The smallest absolute Gasteiger partial charge is 0.201 e. The van der Waals surface area contributed by atoms with E-state index in [4.69, 9.17) is 15.4 Å². The first kappa shape index (κ1) is 9.88. The molecular weight excluding hydrogens is 172 g/mol. The quantitative estimate of drug-likeness (QED) is 0.574. The van der Waals surface area contributed by atoms with Gasteiger partial charge in [0.2, 0.25) is 5.72 Å². The minimum Gasteiger partial charge on any atom is -0.508 e. The van der Waals surface area contributed by atoms with Crippen LogP contribution < -0.4 is 0 Å². The highest BCUT2D eigenvalue weighted by Gasteiger charge is 2.30. The van der Waals surface area contributed by atoms with Crippen LogP contribution in [0, 0.1) is 5.53 Å². The summed E-state index contributed by atoms with van der Waals surface area (Å²) >= 11 is 0. The molecule has 0 radical (unpaired) electrons. The Labute approximate surface area is 75.8 Å². The standard InChI is InChI=1S/C8H12N2O3/c1-13-8(10-9)3-2-7(12)6(4-8)5-11/h2,4,9,11-12H,3,5H2,1H3. The third kappa shape index (κ3) is 1.76. The van der Waals surface area contributed by atoms with Crippen molar-refractivity contribution in [3.63, 3.8) is 0 Å². The van der Waals surface area contributed by atoms with Gasteiger partial charge in [-0.2, -0.15) is 5.11 Å². The van der Waals surface area contributed by atoms with E-state index in [1.165, 1.54) is 19.3 Å². The summed E-state index contributed by atoms with van der Waals surface area (Å²) in [6.07, 6.45) is 3.24. The summed E-state index contributed by atoms with van der Waals surface area (Å²) in [6, 6.07) is 0. The van der Waals surface area contributed by atoms with Crippen LogP contribution in [0.2, 0.25) is 0 Å². The Hall–Kier alpha value is -1.20. The molecule has 1 aliphatic carbocycles. The van der Waals surface area contributed by atoms with Crippen molar-refractivity contribution in [3.05, 3.63) is 23.5 Å². The number of nitrogens with zero attached hydrogens (tertiary/aromatic N) is 1. The molecule has 0 spiro atoms. The number of aliphatic hydroxyl groups is 2. The monoisotopic (exact) mass is 184 g/mol. The second kappa shape index (κ2) is 3.68. The van der Waals surface area contributed by atoms with E-state index < -0.39 is 5.72 Å². The van der Waals surface area contributed by atoms with E-state index in [0.29, 0.717) is 12.0 Å². The van der Waals surface area contributed by atoms with Crippen molar-refractivity contribution in [2.24, 2.45) is 5.11 Å². The Kier molecular flexibility index (Phi) is 2.79. The average molecular weight is 184 g/mol. The summed E-state index contributed by atoms with van der Waals surface area (Å²) in [6.45, 7) is -0.289. The van der Waals surface area contributed by atoms with E-state index in [-0.39, 0.29) is 12.4 Å². The molecule has 0 heterocycles. The number of methoxy groups -OCH3 is 1. The van der Waals surface area contributed by atoms with Gasteiger partial charge in [-0.3, -0.25) is 0 Å². The van der Waals surface area contributed by atoms with Crippen LogP contribution in [0.25, 0.3) is 0 Å². The van der Waals surface area contributed by atoms with Crippen LogP contribution in [0.3, 0.4) is 0 Å². The molecule has 0 saturated carbocycles. The lowest BCUT2D eigenvalue weighted by Gasteiger charge is -2.25. The fourth-order valence-corrected chi connectivity index (χ4v) is 1.17. The molecule has 0 fully saturated rings. The normalized spacial score (nSPS) is 27.8. The van der Waals surface area contributed by atoms with Gasteiger partial charge in [-0.15, -0.1) is 0 Å². The molecule has 5 heteroatoms. The van der Waals surface area contributed by atoms with Crippen LogP contribution in [-0.2, 0) is 4.74 Å². The zero-order valence-electron chi connectivity index (χ0n) is 7.32. The highest BCUT2D eigenvalue weighted by atomic mass is 16.5. The first-order valence-electron chi connectivity index (χ1n) is 3.83. The van der Waals surface area contributed by atoms with Crippen LogP contribution in [0.1, 0.15) is 6.42 Å². The highest BCUT2D eigenvalue weighted by molar-refractivity contribution is 5.33. The Morgan fingerprint density at radius 1 is 1.77 bits per heavy atom. The molecule has 0 aromatic heterocycles. The second-order valence-electron chi connectivity index (χ2n) is 2.78. The van der Waals surface area contributed by atoms with E-state index in [1.54, 1.807) is 0 Å². The van der Waals surface area contributed by atoms with Crippen molar-refractivity contribution in [1.29, 1.82) is 5.53 Å². The number of hydrogen-bond donors (Lipinski definition) is 3. The lowest BCUT2D eigenvalue weighted by molar-refractivity contribution is 0.0299. The van der Waals surface area contributed by atoms with Crippen molar-refractivity contribution in [2.75, 3.05) is 13.7 Å². The highest BCUT2D eigenvalue weighted by Crippen LogP contribution is 2.28. The third-order valence-corrected chi connectivity index (χ3v) is 2.03. The lowest BCUT2D eigenvalue weighted by atomic mass is 9.98. The molecule has 1 aliphatic rings. The number of ether oxygens (including phenoxy) is 1. The lowest BCUT2D eigenvalue weighted by Crippen LogP contribution is -2.28. The molecule has 3 N–H and O–H groups in total. The molecule has 0 aromatic rings. The van der Waals surface area contributed by atoms with E-state index in [2.05, 4.69) is 5.11 Å². The molecule has 0 bridgehead atoms. The maximum Gasteiger partial charge on any atom is 0.201 e. The van der Waals surface area contributed by atoms with E-state index in [1.807, 2.05) is 0 Å². The fourth-order valence-electron chi connectivity index (χ4n) is 1.17. The molecule has 0 amide bonds. The first-order valence-corrected chi connectivity index (χ1v) is 3.83. The average Bonchev–Trinajstić information content (AvgIpc) is 2.19. The van der Waals surface area contributed by atoms with Gasteiger partial charge >= 0.3 is 0 Å². The third-order valence-electron chi connectivity index (χ3n) is 2.03. The number of rotatable bonds is 3. The van der Waals surface area contributed by atoms with Crippen LogP contribution in [-0.4, -0.2) is 29.7 Å². The van der Waals surface area contributed by atoms with Crippen LogP contribution >= 0.6 is 0 Å². The molecule has 13 heavy (non-hydrogen) atoms. The van der Waals surface area contributed by atoms with Crippen LogP contribution in [0.5, 0.6) is 0 Å². The minimum atomic E-state index is -1.05. The molecule has 5 nitrogen and oxygen atoms in total. The Morgan fingerprint density at radius 2 is 2.46 bits per heavy atom. The maximum atomic E-state index is 9.27. The van der Waals surface area contributed by atoms with Gasteiger partial charge in [0.1, 0.15) is 5.76 Å². The predicted molar refractivity (Wildman–Crippen MR) is 45.4 cm³/mol. The SMILES string of the molecule is COC1(N=N)C=C(CO)C(O)=CC1. The Morgan fingerprint density at radius 3 is 2.92 bits per heavy atom. The van der Waals surface area contributed by atoms with Gasteiger partial charge in [0, 0.05) is 19.1 Å². The van der Waals surface area contributed by atoms with Gasteiger partial charge in [-0.1, -0.05) is 0 Å². The Balaban J connectivity index is 2.98. The van der Waals surface area contributed by atoms with Crippen molar-refractivity contribution >= 4 is 0 Å². The molecule has 0 aromatic carbocycles. The molecule has 0 aliphatic heterocycles. The van der Waals surface area contributed by atoms with Gasteiger partial charge < -0.3 is 14.9 Å². The molecule has 1 atom stereocenters. The minimum absolute atomic E-state index is 0.0267. The van der Waals surface area contributed by atoms with E-state index >= 15 is 0 Å². The summed E-state index contributed by atoms with van der Waals surface area (Å²) in [4.78, 5) is 0. The maximum absolute atomic E-state index is 9.27. The summed E-state index contributed by atoms with van der Waals surface area (Å²) in [5, 5.41) is 21.4. The summed E-state index contributed by atoms with van der Waals surface area (Å²) in [7, 11) is 1.43. The first-order chi connectivity index (χ1) is 6.17. The topological polar surface area (TPSA) is 85.9 Å². The van der Waals surface area contributed by atoms with Crippen molar-refractivity contribution in [3.8, 4) is 0 Å². The van der Waals surface area contributed by atoms with Gasteiger partial charge in [-0.05, 0) is 12.2 Å². The zero-order valence-corrected chi connectivity index (χ0v) is 7.32. The van der Waals surface area contributed by atoms with Crippen LogP contribution in [0.15, 0.2) is 28.6 Å². The van der Waals surface area contributed by atoms with E-state index in [9.17, 15) is 5.11 Å². The Bertz CT molecular complexity index is 273. The number of aliphatic hydroxyl groups excluding tert-OH is 2. The second-order valence-corrected chi connectivity index (χ2v) is 2.78. The summed E-state index contributed by atoms with van der Waals surface area (Å²) in [5.41, 5.74) is 6.22. The van der Waals surface area contributed by atoms with Gasteiger partial charge in [0.15, 0.2) is 0 Å². The van der Waals surface area contributed by atoms with Crippen molar-refractivity contribution < 1.29 is 14.9 Å². The van der Waals surface area contributed by atoms with Crippen molar-refractivity contribution in [2.45, 2.75) is 12.1 Å². The molecule has 1 rings (SSSR count). The number of hydrogen-bond acceptors (Lipinski definition) is 5. The van der Waals surface area contributed by atoms with Crippen LogP contribution in [0.4, 0.5) is 0 Å². The molecular formula is C8H12N2O3. The summed E-state index contributed by atoms with van der Waals surface area (Å²) in [5.74, 6) is 0.0267. The van der Waals surface area contributed by atoms with Gasteiger partial charge in [0.05, 0.1) is 6.61 Å². The molecule has 72 valence electrons. The van der Waals surface area contributed by atoms with Crippen molar-refractivity contribution in [1.82, 2.24) is 0 Å². The zero-order chi connectivity index (χ0) is 9.90. The largest absolute Gasteiger partial charge is 0.508 e. The summed E-state index contributed by atoms with van der Waals surface area (Å²) < 4.78 is 5.01. The fraction of sp³-hybridized carbons (Fsp3) is 0.500. The van der Waals surface area contributed by atoms with Gasteiger partial charge in [0.25, 0.3) is 0 Å². The van der Waals surface area contributed by atoms with Gasteiger partial charge in [-0.25, -0.2) is 5.53 Å². The molecule has 1 unspecified atom stereocenters. The predicted octanol–water partition coefficient (Wildman–Crippen LogP) is 1.12. The van der Waals surface area contributed by atoms with E-state index in [0.717, 1.165) is 0 Å². The number of nitrogens with one attached hydrogen (secondary N) is 1.